The lowest BCUT2D eigenvalue weighted by Gasteiger charge is -2.11. The number of alkyl halides is 2. The van der Waals surface area contributed by atoms with Crippen LogP contribution in [0.2, 0.25) is 0 Å². The molecule has 6 nitrogen and oxygen atoms in total. The Bertz CT molecular complexity index is 1530. The maximum atomic E-state index is 13.1. The second-order valence-corrected chi connectivity index (χ2v) is 11.5. The van der Waals surface area contributed by atoms with E-state index < -0.39 is 17.4 Å². The first-order valence-electron chi connectivity index (χ1n) is 14.4. The fourth-order valence-corrected chi connectivity index (χ4v) is 5.58. The Morgan fingerprint density at radius 2 is 1.74 bits per heavy atom. The molecule has 0 N–H and O–H groups in total. The third kappa shape index (κ3) is 9.44. The number of allylic oxidation sites excluding steroid dienone is 1. The SMILES string of the molecule is CCCCOc1ccc(-c2ccc(OC(F)F)c(/C=C/C(=O)Cc3ccc(S(=O)Cc4cncn4CCC)cc3)c2)cc1. The summed E-state index contributed by atoms with van der Waals surface area (Å²) in [5, 5.41) is 0. The van der Waals surface area contributed by atoms with Gasteiger partial charge in [-0.3, -0.25) is 9.00 Å². The van der Waals surface area contributed by atoms with Gasteiger partial charge in [-0.05, 0) is 78.1 Å². The predicted octanol–water partition coefficient (Wildman–Crippen LogP) is 7.87. The molecule has 0 bridgehead atoms. The summed E-state index contributed by atoms with van der Waals surface area (Å²) in [5.74, 6) is 0.896. The third-order valence-electron chi connectivity index (χ3n) is 6.74. The van der Waals surface area contributed by atoms with Crippen LogP contribution in [-0.2, 0) is 34.3 Å². The largest absolute Gasteiger partial charge is 0.494 e. The highest BCUT2D eigenvalue weighted by Gasteiger charge is 2.12. The number of imidazole rings is 1. The van der Waals surface area contributed by atoms with E-state index in [0.717, 1.165) is 53.9 Å². The molecule has 0 amide bonds. The van der Waals surface area contributed by atoms with Crippen molar-refractivity contribution in [1.82, 2.24) is 9.55 Å². The van der Waals surface area contributed by atoms with E-state index in [4.69, 9.17) is 9.47 Å². The Labute approximate surface area is 253 Å². The normalized spacial score (nSPS) is 12.1. The Kier molecular flexibility index (Phi) is 11.8. The fraction of sp³-hybridized carbons (Fsp3) is 0.294. The zero-order valence-corrected chi connectivity index (χ0v) is 25.2. The van der Waals surface area contributed by atoms with E-state index in [0.29, 0.717) is 22.8 Å². The van der Waals surface area contributed by atoms with E-state index in [1.165, 1.54) is 18.2 Å². The summed E-state index contributed by atoms with van der Waals surface area (Å²) in [6, 6.07) is 19.5. The minimum absolute atomic E-state index is 0.0190. The molecule has 4 rings (SSSR count). The van der Waals surface area contributed by atoms with Crippen molar-refractivity contribution in [2.24, 2.45) is 0 Å². The topological polar surface area (TPSA) is 70.4 Å². The van der Waals surface area contributed by atoms with Crippen LogP contribution in [0.25, 0.3) is 17.2 Å². The van der Waals surface area contributed by atoms with Crippen LogP contribution in [0.1, 0.15) is 49.9 Å². The zero-order chi connectivity index (χ0) is 30.6. The number of hydrogen-bond donors (Lipinski definition) is 0. The van der Waals surface area contributed by atoms with Crippen LogP contribution >= 0.6 is 0 Å². The molecule has 1 aromatic heterocycles. The molecule has 9 heteroatoms. The summed E-state index contributed by atoms with van der Waals surface area (Å²) in [6.07, 6.45) is 9.43. The van der Waals surface area contributed by atoms with Crippen LogP contribution in [0.3, 0.4) is 0 Å². The van der Waals surface area contributed by atoms with Crippen molar-refractivity contribution in [3.8, 4) is 22.6 Å². The van der Waals surface area contributed by atoms with Crippen molar-refractivity contribution in [3.63, 3.8) is 0 Å². The number of unbranched alkanes of at least 4 members (excludes halogenated alkanes) is 1. The van der Waals surface area contributed by atoms with Gasteiger partial charge in [0.2, 0.25) is 0 Å². The average Bonchev–Trinajstić information content (AvgIpc) is 3.43. The number of nitrogens with zero attached hydrogens (tertiary/aromatic N) is 2. The number of rotatable bonds is 16. The molecule has 0 spiro atoms. The molecule has 1 atom stereocenters. The smallest absolute Gasteiger partial charge is 0.387 e. The van der Waals surface area contributed by atoms with E-state index in [1.54, 1.807) is 48.9 Å². The molecule has 0 aliphatic rings. The van der Waals surface area contributed by atoms with Gasteiger partial charge in [0.15, 0.2) is 5.78 Å². The fourth-order valence-electron chi connectivity index (χ4n) is 4.47. The third-order valence-corrected chi connectivity index (χ3v) is 8.09. The average molecular weight is 607 g/mol. The lowest BCUT2D eigenvalue weighted by molar-refractivity contribution is -0.113. The van der Waals surface area contributed by atoms with Crippen molar-refractivity contribution in [1.29, 1.82) is 0 Å². The quantitative estimate of drug-likeness (QED) is 0.0959. The molecular formula is C34H36F2N2O4S. The molecule has 0 radical (unpaired) electrons. The van der Waals surface area contributed by atoms with Crippen molar-refractivity contribution in [3.05, 3.63) is 102 Å². The van der Waals surface area contributed by atoms with Gasteiger partial charge in [-0.25, -0.2) is 4.98 Å². The van der Waals surface area contributed by atoms with Crippen molar-refractivity contribution < 1.29 is 27.3 Å². The van der Waals surface area contributed by atoms with Crippen molar-refractivity contribution in [2.45, 2.75) is 63.3 Å². The first kappa shape index (κ1) is 31.8. The molecule has 1 heterocycles. The maximum absolute atomic E-state index is 13.1. The molecule has 0 aliphatic carbocycles. The molecule has 3 aromatic carbocycles. The summed E-state index contributed by atoms with van der Waals surface area (Å²) in [4.78, 5) is 17.6. The number of aromatic nitrogens is 2. The lowest BCUT2D eigenvalue weighted by Crippen LogP contribution is -2.05. The van der Waals surface area contributed by atoms with Crippen LogP contribution in [0.5, 0.6) is 11.5 Å². The molecule has 0 saturated carbocycles. The molecule has 226 valence electrons. The zero-order valence-electron chi connectivity index (χ0n) is 24.4. The molecule has 43 heavy (non-hydrogen) atoms. The van der Waals surface area contributed by atoms with Gasteiger partial charge in [0.1, 0.15) is 11.5 Å². The van der Waals surface area contributed by atoms with E-state index in [-0.39, 0.29) is 18.0 Å². The van der Waals surface area contributed by atoms with Gasteiger partial charge >= 0.3 is 6.61 Å². The van der Waals surface area contributed by atoms with Gasteiger partial charge in [-0.1, -0.05) is 50.6 Å². The Balaban J connectivity index is 1.42. The van der Waals surface area contributed by atoms with Gasteiger partial charge in [-0.2, -0.15) is 8.78 Å². The Hall–Kier alpha value is -4.11. The number of ketones is 1. The number of halogens is 2. The minimum Gasteiger partial charge on any atom is -0.494 e. The van der Waals surface area contributed by atoms with E-state index in [1.807, 2.05) is 28.8 Å². The van der Waals surface area contributed by atoms with Crippen molar-refractivity contribution in [2.75, 3.05) is 6.61 Å². The van der Waals surface area contributed by atoms with Crippen LogP contribution in [0.15, 0.2) is 90.2 Å². The molecule has 0 fully saturated rings. The van der Waals surface area contributed by atoms with Crippen LogP contribution in [0, 0.1) is 0 Å². The summed E-state index contributed by atoms with van der Waals surface area (Å²) in [5.41, 5.74) is 3.69. The van der Waals surface area contributed by atoms with Gasteiger partial charge < -0.3 is 14.0 Å². The van der Waals surface area contributed by atoms with Gasteiger partial charge in [0.25, 0.3) is 0 Å². The lowest BCUT2D eigenvalue weighted by atomic mass is 10.0. The van der Waals surface area contributed by atoms with Crippen LogP contribution in [-0.4, -0.2) is 32.8 Å². The predicted molar refractivity (Wildman–Crippen MR) is 166 cm³/mol. The van der Waals surface area contributed by atoms with Gasteiger partial charge in [0.05, 0.1) is 35.2 Å². The summed E-state index contributed by atoms with van der Waals surface area (Å²) >= 11 is 0. The summed E-state index contributed by atoms with van der Waals surface area (Å²) in [7, 11) is -1.25. The Morgan fingerprint density at radius 3 is 2.44 bits per heavy atom. The molecular weight excluding hydrogens is 570 g/mol. The number of benzene rings is 3. The molecule has 0 aliphatic heterocycles. The number of hydrogen-bond acceptors (Lipinski definition) is 5. The van der Waals surface area contributed by atoms with Gasteiger partial charge in [0, 0.05) is 29.6 Å². The summed E-state index contributed by atoms with van der Waals surface area (Å²) in [6.45, 7) is 2.65. The van der Waals surface area contributed by atoms with Gasteiger partial charge in [-0.15, -0.1) is 0 Å². The number of aryl methyl sites for hydroxylation is 1. The molecule has 0 saturated heterocycles. The monoisotopic (exact) mass is 606 g/mol. The summed E-state index contributed by atoms with van der Waals surface area (Å²) < 4.78 is 51.5. The standard InChI is InChI=1S/C34H36F2N2O4S/c1-3-5-19-41-31-13-9-26(10-14-31)27-11-17-33(42-34(35)36)28(21-27)8-12-30(39)20-25-6-15-32(16-7-25)43(40)23-29-22-37-24-38(29)18-4-2/h6-17,21-22,24,34H,3-5,18-20,23H2,1-2H3/b12-8+. The number of carbonyl (C=O) groups is 1. The highest BCUT2D eigenvalue weighted by atomic mass is 32.2. The first-order chi connectivity index (χ1) is 20.9. The Morgan fingerprint density at radius 1 is 1.00 bits per heavy atom. The first-order valence-corrected chi connectivity index (χ1v) is 15.7. The second-order valence-electron chi connectivity index (χ2n) is 10.0. The van der Waals surface area contributed by atoms with E-state index in [9.17, 15) is 17.8 Å². The molecule has 1 unspecified atom stereocenters. The van der Waals surface area contributed by atoms with E-state index >= 15 is 0 Å². The highest BCUT2D eigenvalue weighted by molar-refractivity contribution is 7.84. The van der Waals surface area contributed by atoms with Crippen LogP contribution < -0.4 is 9.47 Å². The minimum atomic E-state index is -3.00. The second kappa shape index (κ2) is 15.9. The number of ether oxygens (including phenoxy) is 2. The molecule has 4 aromatic rings. The maximum Gasteiger partial charge on any atom is 0.387 e. The van der Waals surface area contributed by atoms with Crippen LogP contribution in [0.4, 0.5) is 8.78 Å². The number of carbonyl (C=O) groups excluding carboxylic acids is 1. The van der Waals surface area contributed by atoms with E-state index in [2.05, 4.69) is 18.8 Å². The van der Waals surface area contributed by atoms with Crippen molar-refractivity contribution >= 4 is 22.7 Å². The highest BCUT2D eigenvalue weighted by Crippen LogP contribution is 2.30.